The summed E-state index contributed by atoms with van der Waals surface area (Å²) in [6.45, 7) is 0. The van der Waals surface area contributed by atoms with E-state index >= 15 is 0 Å². The zero-order chi connectivity index (χ0) is 8.27. The van der Waals surface area contributed by atoms with E-state index in [1.807, 2.05) is 0 Å². The van der Waals surface area contributed by atoms with E-state index in [-0.39, 0.29) is 51.4 Å². The third-order valence-electron chi connectivity index (χ3n) is 1.36. The number of carbonyl (C=O) groups is 1. The SMILES string of the molecule is O=C(O)c1ccc(CCl)cc1.[K]. The molecule has 0 aliphatic carbocycles. The van der Waals surface area contributed by atoms with E-state index in [2.05, 4.69) is 0 Å². The first kappa shape index (κ1) is 12.6. The molecule has 1 radical (unpaired) electrons. The largest absolute Gasteiger partial charge is 0.478 e. The summed E-state index contributed by atoms with van der Waals surface area (Å²) >= 11 is 5.51. The second kappa shape index (κ2) is 6.13. The fourth-order valence-corrected chi connectivity index (χ4v) is 0.915. The van der Waals surface area contributed by atoms with Crippen LogP contribution in [0.5, 0.6) is 0 Å². The molecular formula is C8H7ClKO2. The van der Waals surface area contributed by atoms with E-state index in [9.17, 15) is 4.79 Å². The molecule has 1 N–H and O–H groups in total. The van der Waals surface area contributed by atoms with Crippen LogP contribution >= 0.6 is 11.6 Å². The van der Waals surface area contributed by atoms with Crippen LogP contribution in [0.25, 0.3) is 0 Å². The average molecular weight is 210 g/mol. The maximum Gasteiger partial charge on any atom is 0.335 e. The number of rotatable bonds is 2. The van der Waals surface area contributed by atoms with Gasteiger partial charge in [0.05, 0.1) is 5.56 Å². The maximum absolute atomic E-state index is 10.4. The quantitative estimate of drug-likeness (QED) is 0.595. The van der Waals surface area contributed by atoms with Crippen molar-refractivity contribution < 1.29 is 9.90 Å². The van der Waals surface area contributed by atoms with Crippen LogP contribution in [0.15, 0.2) is 24.3 Å². The van der Waals surface area contributed by atoms with Gasteiger partial charge in [-0.1, -0.05) is 12.1 Å². The number of hydrogen-bond donors (Lipinski definition) is 1. The molecule has 0 amide bonds. The van der Waals surface area contributed by atoms with Crippen molar-refractivity contribution in [2.45, 2.75) is 5.88 Å². The fraction of sp³-hybridized carbons (Fsp3) is 0.125. The molecule has 59 valence electrons. The van der Waals surface area contributed by atoms with Crippen LogP contribution in [0.3, 0.4) is 0 Å². The van der Waals surface area contributed by atoms with Crippen molar-refractivity contribution in [1.82, 2.24) is 0 Å². The van der Waals surface area contributed by atoms with Gasteiger partial charge in [-0.2, -0.15) is 0 Å². The molecule has 0 heterocycles. The smallest absolute Gasteiger partial charge is 0.335 e. The summed E-state index contributed by atoms with van der Waals surface area (Å²) in [5, 5.41) is 8.52. The van der Waals surface area contributed by atoms with Crippen LogP contribution in [-0.4, -0.2) is 62.5 Å². The molecule has 0 aromatic heterocycles. The molecule has 0 fully saturated rings. The molecule has 0 aliphatic rings. The Morgan fingerprint density at radius 1 is 1.33 bits per heavy atom. The number of carboxylic acid groups (broad SMARTS) is 1. The Morgan fingerprint density at radius 3 is 2.17 bits per heavy atom. The van der Waals surface area contributed by atoms with Gasteiger partial charge < -0.3 is 5.11 Å². The molecular weight excluding hydrogens is 203 g/mol. The molecule has 0 spiro atoms. The summed E-state index contributed by atoms with van der Waals surface area (Å²) in [6, 6.07) is 6.49. The molecule has 0 bridgehead atoms. The average Bonchev–Trinajstić information content (AvgIpc) is 2.05. The topological polar surface area (TPSA) is 37.3 Å². The number of hydrogen-bond acceptors (Lipinski definition) is 1. The number of halogens is 1. The van der Waals surface area contributed by atoms with E-state index < -0.39 is 5.97 Å². The van der Waals surface area contributed by atoms with Gasteiger partial charge in [0.1, 0.15) is 0 Å². The van der Waals surface area contributed by atoms with Crippen LogP contribution in [0.1, 0.15) is 15.9 Å². The molecule has 0 atom stereocenters. The monoisotopic (exact) mass is 209 g/mol. The van der Waals surface area contributed by atoms with Crippen molar-refractivity contribution in [3.8, 4) is 0 Å². The van der Waals surface area contributed by atoms with Gasteiger partial charge in [-0.3, -0.25) is 0 Å². The predicted octanol–water partition coefficient (Wildman–Crippen LogP) is 1.74. The van der Waals surface area contributed by atoms with E-state index in [1.165, 1.54) is 0 Å². The first-order valence-corrected chi connectivity index (χ1v) is 3.65. The molecule has 0 saturated carbocycles. The van der Waals surface area contributed by atoms with E-state index in [4.69, 9.17) is 16.7 Å². The van der Waals surface area contributed by atoms with Crippen molar-refractivity contribution in [3.63, 3.8) is 0 Å². The van der Waals surface area contributed by atoms with Crippen molar-refractivity contribution in [2.75, 3.05) is 0 Å². The summed E-state index contributed by atoms with van der Waals surface area (Å²) in [6.07, 6.45) is 0. The molecule has 0 aliphatic heterocycles. The Labute approximate surface area is 118 Å². The summed E-state index contributed by atoms with van der Waals surface area (Å²) in [7, 11) is 0. The summed E-state index contributed by atoms with van der Waals surface area (Å²) in [5.41, 5.74) is 1.22. The van der Waals surface area contributed by atoms with Gasteiger partial charge in [0.15, 0.2) is 0 Å². The van der Waals surface area contributed by atoms with Crippen LogP contribution < -0.4 is 0 Å². The number of benzene rings is 1. The fourth-order valence-electron chi connectivity index (χ4n) is 0.736. The molecule has 2 nitrogen and oxygen atoms in total. The molecule has 0 saturated heterocycles. The van der Waals surface area contributed by atoms with Crippen molar-refractivity contribution in [2.24, 2.45) is 0 Å². The Hall–Kier alpha value is 0.616. The van der Waals surface area contributed by atoms with E-state index in [0.29, 0.717) is 11.4 Å². The Morgan fingerprint density at radius 2 is 1.83 bits per heavy atom. The van der Waals surface area contributed by atoms with E-state index in [0.717, 1.165) is 5.56 Å². The van der Waals surface area contributed by atoms with Crippen molar-refractivity contribution >= 4 is 69.0 Å². The van der Waals surface area contributed by atoms with Crippen LogP contribution in [0.4, 0.5) is 0 Å². The summed E-state index contributed by atoms with van der Waals surface area (Å²) < 4.78 is 0. The first-order chi connectivity index (χ1) is 5.24. The molecule has 1 rings (SSSR count). The minimum absolute atomic E-state index is 0. The zero-order valence-corrected chi connectivity index (χ0v) is 10.6. The van der Waals surface area contributed by atoms with Crippen molar-refractivity contribution in [3.05, 3.63) is 35.4 Å². The number of alkyl halides is 1. The second-order valence-electron chi connectivity index (χ2n) is 2.14. The molecule has 4 heteroatoms. The molecule has 1 aromatic carbocycles. The number of carboxylic acids is 1. The third kappa shape index (κ3) is 3.56. The Balaban J connectivity index is 0.00000121. The van der Waals surface area contributed by atoms with Gasteiger partial charge in [-0.05, 0) is 17.7 Å². The van der Waals surface area contributed by atoms with Crippen molar-refractivity contribution in [1.29, 1.82) is 0 Å². The number of aromatic carboxylic acids is 1. The Kier molecular flexibility index (Phi) is 6.44. The van der Waals surface area contributed by atoms with Gasteiger partial charge in [0.2, 0.25) is 0 Å². The van der Waals surface area contributed by atoms with Crippen LogP contribution in [0, 0.1) is 0 Å². The zero-order valence-electron chi connectivity index (χ0n) is 6.75. The maximum atomic E-state index is 10.4. The van der Waals surface area contributed by atoms with Gasteiger partial charge >= 0.3 is 5.97 Å². The minimum Gasteiger partial charge on any atom is -0.478 e. The normalized spacial score (nSPS) is 8.75. The Bertz CT molecular complexity index is 258. The molecule has 0 unspecified atom stereocenters. The molecule has 1 aromatic rings. The third-order valence-corrected chi connectivity index (χ3v) is 1.66. The predicted molar refractivity (Wildman–Crippen MR) is 48.7 cm³/mol. The van der Waals surface area contributed by atoms with Gasteiger partial charge in [-0.15, -0.1) is 11.6 Å². The van der Waals surface area contributed by atoms with Gasteiger partial charge in [0.25, 0.3) is 0 Å². The van der Waals surface area contributed by atoms with E-state index in [1.54, 1.807) is 24.3 Å². The van der Waals surface area contributed by atoms with Crippen LogP contribution in [-0.2, 0) is 5.88 Å². The first-order valence-electron chi connectivity index (χ1n) is 3.12. The summed E-state index contributed by atoms with van der Waals surface area (Å²) in [4.78, 5) is 10.4. The van der Waals surface area contributed by atoms with Crippen LogP contribution in [0.2, 0.25) is 0 Å². The minimum atomic E-state index is -0.911. The van der Waals surface area contributed by atoms with Gasteiger partial charge in [-0.25, -0.2) is 4.79 Å². The van der Waals surface area contributed by atoms with Gasteiger partial charge in [0, 0.05) is 57.3 Å². The standard InChI is InChI=1S/C8H7ClO2.K/c9-5-6-1-3-7(4-2-6)8(10)11;/h1-4H,5H2,(H,10,11);. The molecule has 12 heavy (non-hydrogen) atoms. The second-order valence-corrected chi connectivity index (χ2v) is 2.40. The summed E-state index contributed by atoms with van der Waals surface area (Å²) in [5.74, 6) is -0.494.